The molecule has 1 aromatic heterocycles. The van der Waals surface area contributed by atoms with Crippen molar-refractivity contribution in [3.63, 3.8) is 0 Å². The molecule has 0 saturated heterocycles. The van der Waals surface area contributed by atoms with Gasteiger partial charge in [-0.2, -0.15) is 18.3 Å². The van der Waals surface area contributed by atoms with E-state index in [1.807, 2.05) is 23.7 Å². The van der Waals surface area contributed by atoms with E-state index in [9.17, 15) is 22.8 Å². The largest absolute Gasteiger partial charge is 0.427 e. The van der Waals surface area contributed by atoms with Gasteiger partial charge in [-0.15, -0.1) is 0 Å². The molecular weight excluding hydrogens is 519 g/mol. The van der Waals surface area contributed by atoms with Gasteiger partial charge in [0.2, 0.25) is 5.91 Å². The van der Waals surface area contributed by atoms with Crippen LogP contribution < -0.4 is 10.5 Å². The molecular formula is C31H32F3N3O3. The summed E-state index contributed by atoms with van der Waals surface area (Å²) in [6.45, 7) is 9.39. The van der Waals surface area contributed by atoms with E-state index in [2.05, 4.69) is 18.9 Å². The fourth-order valence-corrected chi connectivity index (χ4v) is 4.99. The number of rotatable bonds is 8. The topological polar surface area (TPSA) is 87.2 Å². The first-order valence-corrected chi connectivity index (χ1v) is 13.1. The monoisotopic (exact) mass is 551 g/mol. The second-order valence-corrected chi connectivity index (χ2v) is 10.4. The van der Waals surface area contributed by atoms with Gasteiger partial charge in [0.15, 0.2) is 0 Å². The van der Waals surface area contributed by atoms with Crippen molar-refractivity contribution in [1.82, 2.24) is 9.78 Å². The molecule has 0 radical (unpaired) electrons. The second-order valence-electron chi connectivity index (χ2n) is 10.4. The van der Waals surface area contributed by atoms with E-state index in [1.54, 1.807) is 32.2 Å². The number of benzene rings is 3. The summed E-state index contributed by atoms with van der Waals surface area (Å²) in [5.41, 5.74) is 9.72. The molecule has 2 N–H and O–H groups in total. The van der Waals surface area contributed by atoms with Crippen LogP contribution in [0.25, 0.3) is 22.0 Å². The van der Waals surface area contributed by atoms with Crippen LogP contribution in [-0.2, 0) is 11.0 Å². The fourth-order valence-electron chi connectivity index (χ4n) is 4.99. The van der Waals surface area contributed by atoms with Crippen LogP contribution in [0.15, 0.2) is 54.7 Å². The molecule has 0 fully saturated rings. The van der Waals surface area contributed by atoms with Crippen molar-refractivity contribution in [3.05, 3.63) is 82.5 Å². The SMILES string of the molecule is CCC(=O)Oc1ccc([C@H](CC(C)C)n2ncc3cc(-c4ccc(C(F)(F)F)cc4C)c(C)cc32)c(C(N)=O)c1. The van der Waals surface area contributed by atoms with Crippen LogP contribution in [0.4, 0.5) is 13.2 Å². The van der Waals surface area contributed by atoms with Crippen molar-refractivity contribution in [2.24, 2.45) is 11.7 Å². The first kappa shape index (κ1) is 28.9. The Kier molecular flexibility index (Phi) is 8.05. The van der Waals surface area contributed by atoms with Gasteiger partial charge in [-0.1, -0.05) is 32.9 Å². The van der Waals surface area contributed by atoms with Crippen LogP contribution in [0, 0.1) is 19.8 Å². The Labute approximate surface area is 230 Å². The van der Waals surface area contributed by atoms with Gasteiger partial charge in [0.1, 0.15) is 5.75 Å². The molecule has 4 aromatic rings. The number of aryl methyl sites for hydroxylation is 2. The average molecular weight is 552 g/mol. The molecule has 1 heterocycles. The number of carbonyl (C=O) groups excluding carboxylic acids is 2. The van der Waals surface area contributed by atoms with Crippen molar-refractivity contribution in [1.29, 1.82) is 0 Å². The molecule has 6 nitrogen and oxygen atoms in total. The van der Waals surface area contributed by atoms with Gasteiger partial charge in [0.25, 0.3) is 0 Å². The molecule has 3 aromatic carbocycles. The van der Waals surface area contributed by atoms with E-state index < -0.39 is 23.6 Å². The Hall–Kier alpha value is -4.14. The lowest BCUT2D eigenvalue weighted by atomic mass is 9.92. The van der Waals surface area contributed by atoms with E-state index in [-0.39, 0.29) is 29.7 Å². The zero-order valence-corrected chi connectivity index (χ0v) is 23.1. The number of ether oxygens (including phenoxy) is 1. The molecule has 0 unspecified atom stereocenters. The Morgan fingerprint density at radius 2 is 1.70 bits per heavy atom. The zero-order chi connectivity index (χ0) is 29.4. The minimum Gasteiger partial charge on any atom is -0.427 e. The summed E-state index contributed by atoms with van der Waals surface area (Å²) in [5, 5.41) is 5.49. The highest BCUT2D eigenvalue weighted by Crippen LogP contribution is 2.37. The molecule has 210 valence electrons. The van der Waals surface area contributed by atoms with Gasteiger partial charge in [-0.05, 0) is 90.4 Å². The van der Waals surface area contributed by atoms with Crippen molar-refractivity contribution in [2.75, 3.05) is 0 Å². The van der Waals surface area contributed by atoms with Crippen LogP contribution in [-0.4, -0.2) is 21.7 Å². The van der Waals surface area contributed by atoms with Crippen LogP contribution in [0.1, 0.15) is 72.3 Å². The fraction of sp³-hybridized carbons (Fsp3) is 0.323. The lowest BCUT2D eigenvalue weighted by Gasteiger charge is -2.24. The molecule has 1 amide bonds. The summed E-state index contributed by atoms with van der Waals surface area (Å²) in [7, 11) is 0. The number of nitrogens with zero attached hydrogens (tertiary/aromatic N) is 2. The quantitative estimate of drug-likeness (QED) is 0.183. The Morgan fingerprint density at radius 3 is 2.30 bits per heavy atom. The minimum absolute atomic E-state index is 0.191. The zero-order valence-electron chi connectivity index (χ0n) is 23.1. The van der Waals surface area contributed by atoms with Gasteiger partial charge in [-0.25, -0.2) is 0 Å². The number of esters is 1. The second kappa shape index (κ2) is 11.2. The Balaban J connectivity index is 1.82. The highest BCUT2D eigenvalue weighted by molar-refractivity contribution is 5.95. The number of amides is 1. The molecule has 40 heavy (non-hydrogen) atoms. The number of primary amides is 1. The number of aromatic nitrogens is 2. The number of hydrogen-bond donors (Lipinski definition) is 1. The van der Waals surface area contributed by atoms with Crippen molar-refractivity contribution in [3.8, 4) is 16.9 Å². The maximum Gasteiger partial charge on any atom is 0.416 e. The molecule has 0 saturated carbocycles. The predicted octanol–water partition coefficient (Wildman–Crippen LogP) is 7.39. The number of halogens is 3. The van der Waals surface area contributed by atoms with E-state index in [1.165, 1.54) is 12.1 Å². The van der Waals surface area contributed by atoms with Crippen molar-refractivity contribution >= 4 is 22.8 Å². The number of alkyl halides is 3. The average Bonchev–Trinajstić information content (AvgIpc) is 3.28. The molecule has 0 aliphatic rings. The minimum atomic E-state index is -4.41. The van der Waals surface area contributed by atoms with Gasteiger partial charge >= 0.3 is 12.1 Å². The molecule has 1 atom stereocenters. The summed E-state index contributed by atoms with van der Waals surface area (Å²) in [4.78, 5) is 24.3. The maximum absolute atomic E-state index is 13.2. The first-order chi connectivity index (χ1) is 18.8. The summed E-state index contributed by atoms with van der Waals surface area (Å²) >= 11 is 0. The number of hydrogen-bond acceptors (Lipinski definition) is 4. The third kappa shape index (κ3) is 5.88. The highest BCUT2D eigenvalue weighted by Gasteiger charge is 2.31. The van der Waals surface area contributed by atoms with Gasteiger partial charge in [0, 0.05) is 17.4 Å². The third-order valence-electron chi connectivity index (χ3n) is 6.95. The van der Waals surface area contributed by atoms with Crippen LogP contribution in [0.2, 0.25) is 0 Å². The molecule has 0 spiro atoms. The first-order valence-electron chi connectivity index (χ1n) is 13.1. The van der Waals surface area contributed by atoms with Crippen LogP contribution in [0.5, 0.6) is 5.75 Å². The molecule has 9 heteroatoms. The predicted molar refractivity (Wildman–Crippen MR) is 148 cm³/mol. The van der Waals surface area contributed by atoms with Gasteiger partial charge < -0.3 is 10.5 Å². The number of fused-ring (bicyclic) bond motifs is 1. The Morgan fingerprint density at radius 1 is 1.00 bits per heavy atom. The maximum atomic E-state index is 13.2. The number of carbonyl (C=O) groups is 2. The molecule has 0 aliphatic heterocycles. The summed E-state index contributed by atoms with van der Waals surface area (Å²) < 4.78 is 46.8. The van der Waals surface area contributed by atoms with E-state index in [4.69, 9.17) is 10.5 Å². The lowest BCUT2D eigenvalue weighted by molar-refractivity contribution is -0.137. The smallest absolute Gasteiger partial charge is 0.416 e. The Bertz CT molecular complexity index is 1590. The third-order valence-corrected chi connectivity index (χ3v) is 6.95. The van der Waals surface area contributed by atoms with E-state index in [0.717, 1.165) is 34.2 Å². The van der Waals surface area contributed by atoms with Crippen molar-refractivity contribution < 1.29 is 27.5 Å². The number of nitrogens with two attached hydrogens (primary N) is 1. The standard InChI is InChI=1S/C31H32F3N3O3/c1-6-29(38)40-22-8-10-24(26(15-22)30(35)39)28(11-17(2)3)37-27-13-19(5)25(14-20(27)16-36-37)23-9-7-21(12-18(23)4)31(32,33)34/h7-10,12-17,28H,6,11H2,1-5H3,(H2,35,39)/t28-/m0/s1. The summed E-state index contributed by atoms with van der Waals surface area (Å²) in [6, 6.07) is 12.2. The van der Waals surface area contributed by atoms with E-state index >= 15 is 0 Å². The van der Waals surface area contributed by atoms with Crippen LogP contribution in [0.3, 0.4) is 0 Å². The highest BCUT2D eigenvalue weighted by atomic mass is 19.4. The molecule has 0 bridgehead atoms. The molecule has 0 aliphatic carbocycles. The summed E-state index contributed by atoms with van der Waals surface area (Å²) in [6.07, 6.45) is -1.86. The van der Waals surface area contributed by atoms with Crippen LogP contribution >= 0.6 is 0 Å². The lowest BCUT2D eigenvalue weighted by Crippen LogP contribution is -2.21. The molecule has 4 rings (SSSR count). The summed E-state index contributed by atoms with van der Waals surface area (Å²) in [5.74, 6) is -0.594. The van der Waals surface area contributed by atoms with E-state index in [0.29, 0.717) is 23.1 Å². The van der Waals surface area contributed by atoms with Crippen molar-refractivity contribution in [2.45, 2.75) is 59.7 Å². The van der Waals surface area contributed by atoms with Gasteiger partial charge in [0.05, 0.1) is 23.3 Å². The normalized spacial score (nSPS) is 12.6. The van der Waals surface area contributed by atoms with Gasteiger partial charge in [-0.3, -0.25) is 14.3 Å².